The molecule has 1 nitrogen and oxygen atoms in total. The quantitative estimate of drug-likeness (QED) is 0.707. The van der Waals surface area contributed by atoms with Gasteiger partial charge in [0.25, 0.3) is 0 Å². The van der Waals surface area contributed by atoms with Crippen molar-refractivity contribution in [1.82, 2.24) is 0 Å². The molecule has 1 aromatic rings. The maximum absolute atomic E-state index is 11.0. The van der Waals surface area contributed by atoms with Crippen LogP contribution in [0.4, 0.5) is 0 Å². The summed E-state index contributed by atoms with van der Waals surface area (Å²) in [4.78, 5) is 1.34. The van der Waals surface area contributed by atoms with Crippen molar-refractivity contribution < 1.29 is 4.21 Å². The molecule has 0 aliphatic rings. The molecular weight excluding hydrogens is 176 g/mol. The molecule has 0 radical (unpaired) electrons. The summed E-state index contributed by atoms with van der Waals surface area (Å²) in [5.41, 5.74) is 0. The van der Waals surface area contributed by atoms with E-state index in [1.807, 2.05) is 13.0 Å². The van der Waals surface area contributed by atoms with Gasteiger partial charge in [-0.25, -0.2) is 0 Å². The molecule has 11 heavy (non-hydrogen) atoms. The van der Waals surface area contributed by atoms with E-state index in [0.29, 0.717) is 0 Å². The molecule has 0 bridgehead atoms. The van der Waals surface area contributed by atoms with Crippen LogP contribution in [0.3, 0.4) is 0 Å². The number of aryl methyl sites for hydroxylation is 1. The van der Waals surface area contributed by atoms with Gasteiger partial charge < -0.3 is 0 Å². The van der Waals surface area contributed by atoms with Gasteiger partial charge >= 0.3 is 0 Å². The number of hydrogen-bond acceptors (Lipinski definition) is 2. The van der Waals surface area contributed by atoms with Crippen molar-refractivity contribution in [3.05, 3.63) is 22.4 Å². The zero-order valence-electron chi connectivity index (χ0n) is 6.58. The van der Waals surface area contributed by atoms with E-state index in [1.165, 1.54) is 4.88 Å². The van der Waals surface area contributed by atoms with Gasteiger partial charge in [-0.2, -0.15) is 0 Å². The average molecular weight is 188 g/mol. The second kappa shape index (κ2) is 4.67. The van der Waals surface area contributed by atoms with Gasteiger partial charge in [0.05, 0.1) is 0 Å². The summed E-state index contributed by atoms with van der Waals surface area (Å²) in [6, 6.07) is 4.13. The molecule has 1 atom stereocenters. The molecule has 1 unspecified atom stereocenters. The van der Waals surface area contributed by atoms with E-state index in [-0.39, 0.29) is 0 Å². The van der Waals surface area contributed by atoms with E-state index in [9.17, 15) is 4.21 Å². The summed E-state index contributed by atoms with van der Waals surface area (Å²) in [6.45, 7) is 1.96. The predicted octanol–water partition coefficient (Wildman–Crippen LogP) is 2.06. The SMILES string of the molecule is CCS(=O)CCc1cccs1. The number of hydrogen-bond donors (Lipinski definition) is 0. The van der Waals surface area contributed by atoms with Gasteiger partial charge in [0, 0.05) is 27.2 Å². The van der Waals surface area contributed by atoms with Crippen LogP contribution in [0.1, 0.15) is 11.8 Å². The first-order valence-electron chi connectivity index (χ1n) is 3.70. The minimum atomic E-state index is -0.605. The van der Waals surface area contributed by atoms with Crippen molar-refractivity contribution in [3.8, 4) is 0 Å². The molecule has 0 aliphatic carbocycles. The van der Waals surface area contributed by atoms with Crippen molar-refractivity contribution in [1.29, 1.82) is 0 Å². The minimum absolute atomic E-state index is 0.605. The van der Waals surface area contributed by atoms with Crippen LogP contribution in [0.25, 0.3) is 0 Å². The highest BCUT2D eigenvalue weighted by atomic mass is 32.2. The van der Waals surface area contributed by atoms with Gasteiger partial charge in [-0.1, -0.05) is 13.0 Å². The molecule has 0 aromatic carbocycles. The third kappa shape index (κ3) is 3.16. The fourth-order valence-corrected chi connectivity index (χ4v) is 2.39. The Balaban J connectivity index is 2.29. The zero-order chi connectivity index (χ0) is 8.10. The molecule has 1 aromatic heterocycles. The Morgan fingerprint density at radius 3 is 3.00 bits per heavy atom. The second-order valence-corrected chi connectivity index (χ2v) is 5.16. The molecule has 0 N–H and O–H groups in total. The number of rotatable bonds is 4. The van der Waals surface area contributed by atoms with Crippen LogP contribution in [0.15, 0.2) is 17.5 Å². The van der Waals surface area contributed by atoms with Gasteiger partial charge in [-0.15, -0.1) is 11.3 Å². The summed E-state index contributed by atoms with van der Waals surface area (Å²) in [6.07, 6.45) is 0.970. The van der Waals surface area contributed by atoms with Gasteiger partial charge in [-0.3, -0.25) is 4.21 Å². The highest BCUT2D eigenvalue weighted by Gasteiger charge is 1.97. The molecule has 1 heterocycles. The average Bonchev–Trinajstić information content (AvgIpc) is 2.52. The highest BCUT2D eigenvalue weighted by molar-refractivity contribution is 7.84. The van der Waals surface area contributed by atoms with Gasteiger partial charge in [-0.05, 0) is 17.9 Å². The van der Waals surface area contributed by atoms with Crippen molar-refractivity contribution in [2.75, 3.05) is 11.5 Å². The fourth-order valence-electron chi connectivity index (χ4n) is 0.814. The normalized spacial score (nSPS) is 13.2. The van der Waals surface area contributed by atoms with Crippen LogP contribution in [-0.4, -0.2) is 15.7 Å². The predicted molar refractivity (Wildman–Crippen MR) is 51.6 cm³/mol. The summed E-state index contributed by atoms with van der Waals surface area (Å²) in [5, 5.41) is 2.06. The third-order valence-electron chi connectivity index (χ3n) is 1.48. The number of thiophene rings is 1. The lowest BCUT2D eigenvalue weighted by atomic mass is 10.4. The van der Waals surface area contributed by atoms with E-state index in [2.05, 4.69) is 11.4 Å². The van der Waals surface area contributed by atoms with Crippen LogP contribution >= 0.6 is 11.3 Å². The maximum Gasteiger partial charge on any atom is 0.0283 e. The van der Waals surface area contributed by atoms with Gasteiger partial charge in [0.15, 0.2) is 0 Å². The second-order valence-electron chi connectivity index (χ2n) is 2.26. The summed E-state index contributed by atoms with van der Waals surface area (Å²) in [5.74, 6) is 1.60. The van der Waals surface area contributed by atoms with Crippen LogP contribution in [0.5, 0.6) is 0 Å². The Morgan fingerprint density at radius 2 is 2.45 bits per heavy atom. The molecular formula is C8H12OS2. The molecule has 62 valence electrons. The first kappa shape index (κ1) is 8.94. The molecule has 1 rings (SSSR count). The van der Waals surface area contributed by atoms with Crippen molar-refractivity contribution >= 4 is 22.1 Å². The van der Waals surface area contributed by atoms with E-state index in [4.69, 9.17) is 0 Å². The van der Waals surface area contributed by atoms with Crippen LogP contribution < -0.4 is 0 Å². The van der Waals surface area contributed by atoms with Crippen LogP contribution in [-0.2, 0) is 17.2 Å². The Kier molecular flexibility index (Phi) is 3.80. The fraction of sp³-hybridized carbons (Fsp3) is 0.500. The summed E-state index contributed by atoms with van der Waals surface area (Å²) < 4.78 is 11.0. The molecule has 0 aliphatic heterocycles. The largest absolute Gasteiger partial charge is 0.260 e. The molecule has 0 saturated carbocycles. The molecule has 0 amide bonds. The van der Waals surface area contributed by atoms with Gasteiger partial charge in [0.1, 0.15) is 0 Å². The Morgan fingerprint density at radius 1 is 1.64 bits per heavy atom. The molecule has 0 saturated heterocycles. The maximum atomic E-state index is 11.0. The monoisotopic (exact) mass is 188 g/mol. The summed E-state index contributed by atoms with van der Waals surface area (Å²) in [7, 11) is -0.605. The lowest BCUT2D eigenvalue weighted by Gasteiger charge is -1.95. The Hall–Kier alpha value is -0.150. The molecule has 0 spiro atoms. The Bertz CT molecular complexity index is 216. The van der Waals surface area contributed by atoms with E-state index in [1.54, 1.807) is 11.3 Å². The smallest absolute Gasteiger partial charge is 0.0283 e. The first-order valence-corrected chi connectivity index (χ1v) is 6.07. The lowest BCUT2D eigenvalue weighted by molar-refractivity contribution is 0.683. The standard InChI is InChI=1S/C8H12OS2/c1-2-11(9)7-5-8-4-3-6-10-8/h3-4,6H,2,5,7H2,1H3. The van der Waals surface area contributed by atoms with E-state index >= 15 is 0 Å². The van der Waals surface area contributed by atoms with E-state index in [0.717, 1.165) is 17.9 Å². The molecule has 3 heteroatoms. The summed E-state index contributed by atoms with van der Waals surface area (Å²) >= 11 is 1.74. The Labute approximate surface area is 73.9 Å². The van der Waals surface area contributed by atoms with Crippen molar-refractivity contribution in [3.63, 3.8) is 0 Å². The highest BCUT2D eigenvalue weighted by Crippen LogP contribution is 2.09. The van der Waals surface area contributed by atoms with Crippen LogP contribution in [0.2, 0.25) is 0 Å². The lowest BCUT2D eigenvalue weighted by Crippen LogP contribution is -2.01. The van der Waals surface area contributed by atoms with Crippen molar-refractivity contribution in [2.45, 2.75) is 13.3 Å². The minimum Gasteiger partial charge on any atom is -0.260 e. The topological polar surface area (TPSA) is 17.1 Å². The first-order chi connectivity index (χ1) is 5.33. The van der Waals surface area contributed by atoms with E-state index < -0.39 is 10.8 Å². The zero-order valence-corrected chi connectivity index (χ0v) is 8.21. The van der Waals surface area contributed by atoms with Crippen LogP contribution in [0, 0.1) is 0 Å². The van der Waals surface area contributed by atoms with Gasteiger partial charge in [0.2, 0.25) is 0 Å². The van der Waals surface area contributed by atoms with Crippen molar-refractivity contribution in [2.24, 2.45) is 0 Å². The molecule has 0 fully saturated rings. The third-order valence-corrected chi connectivity index (χ3v) is 3.72.